The van der Waals surface area contributed by atoms with Crippen LogP contribution in [-0.2, 0) is 18.3 Å². The first-order chi connectivity index (χ1) is 10.6. The Morgan fingerprint density at radius 3 is 2.91 bits per heavy atom. The van der Waals surface area contributed by atoms with Gasteiger partial charge in [0.25, 0.3) is 0 Å². The van der Waals surface area contributed by atoms with Gasteiger partial charge in [0, 0.05) is 31.5 Å². The van der Waals surface area contributed by atoms with Crippen molar-refractivity contribution < 1.29 is 4.79 Å². The van der Waals surface area contributed by atoms with Gasteiger partial charge in [0.05, 0.1) is 11.9 Å². The molecule has 116 valence electrons. The number of amides is 1. The molecule has 0 bridgehead atoms. The standard InChI is InChI=1S/C15H20N6O/c1-4-11-7-14(18-10(2)17-11)19-13-5-6-21(15(13)22)12-8-16-20(3)9-12/h7-9,13H,4-6H2,1-3H3,(H,17,18,19). The largest absolute Gasteiger partial charge is 0.358 e. The minimum absolute atomic E-state index is 0.0577. The summed E-state index contributed by atoms with van der Waals surface area (Å²) in [4.78, 5) is 23.0. The monoisotopic (exact) mass is 300 g/mol. The molecule has 1 atom stereocenters. The molecule has 0 aliphatic carbocycles. The number of rotatable bonds is 4. The molecule has 1 aliphatic heterocycles. The lowest BCUT2D eigenvalue weighted by Crippen LogP contribution is -2.33. The van der Waals surface area contributed by atoms with Crippen molar-refractivity contribution in [3.63, 3.8) is 0 Å². The Balaban J connectivity index is 1.74. The Morgan fingerprint density at radius 1 is 1.41 bits per heavy atom. The second-order valence-electron chi connectivity index (χ2n) is 5.49. The number of carbonyl (C=O) groups excluding carboxylic acids is 1. The quantitative estimate of drug-likeness (QED) is 0.921. The van der Waals surface area contributed by atoms with Gasteiger partial charge < -0.3 is 10.2 Å². The lowest BCUT2D eigenvalue weighted by Gasteiger charge is -2.16. The normalized spacial score (nSPS) is 18.0. The summed E-state index contributed by atoms with van der Waals surface area (Å²) < 4.78 is 1.70. The molecule has 3 heterocycles. The molecule has 1 fully saturated rings. The van der Waals surface area contributed by atoms with Crippen LogP contribution in [0.15, 0.2) is 18.5 Å². The SMILES string of the molecule is CCc1cc(NC2CCN(c3cnn(C)c3)C2=O)nc(C)n1. The summed E-state index contributed by atoms with van der Waals surface area (Å²) in [5, 5.41) is 7.36. The lowest BCUT2D eigenvalue weighted by molar-refractivity contribution is -0.117. The Kier molecular flexibility index (Phi) is 3.79. The summed E-state index contributed by atoms with van der Waals surface area (Å²) in [6, 6.07) is 1.66. The molecular formula is C15H20N6O. The first kappa shape index (κ1) is 14.5. The van der Waals surface area contributed by atoms with E-state index in [4.69, 9.17) is 0 Å². The Bertz CT molecular complexity index is 695. The second-order valence-corrected chi connectivity index (χ2v) is 5.49. The van der Waals surface area contributed by atoms with Gasteiger partial charge in [-0.2, -0.15) is 5.10 Å². The van der Waals surface area contributed by atoms with E-state index in [0.717, 1.165) is 35.9 Å². The zero-order chi connectivity index (χ0) is 15.7. The van der Waals surface area contributed by atoms with Gasteiger partial charge in [0.2, 0.25) is 5.91 Å². The summed E-state index contributed by atoms with van der Waals surface area (Å²) in [7, 11) is 1.84. The van der Waals surface area contributed by atoms with E-state index in [1.807, 2.05) is 26.2 Å². The van der Waals surface area contributed by atoms with E-state index in [9.17, 15) is 4.79 Å². The third-order valence-electron chi connectivity index (χ3n) is 3.78. The van der Waals surface area contributed by atoms with Gasteiger partial charge in [-0.1, -0.05) is 6.92 Å². The number of carbonyl (C=O) groups is 1. The Hall–Kier alpha value is -2.44. The van der Waals surface area contributed by atoms with Gasteiger partial charge in [-0.05, 0) is 19.8 Å². The van der Waals surface area contributed by atoms with Gasteiger partial charge in [-0.3, -0.25) is 9.48 Å². The van der Waals surface area contributed by atoms with Gasteiger partial charge in [-0.25, -0.2) is 9.97 Å². The van der Waals surface area contributed by atoms with Gasteiger partial charge in [0.15, 0.2) is 0 Å². The number of aromatic nitrogens is 4. The first-order valence-electron chi connectivity index (χ1n) is 7.48. The molecule has 0 radical (unpaired) electrons. The molecule has 1 unspecified atom stereocenters. The Labute approximate surface area is 129 Å². The topological polar surface area (TPSA) is 75.9 Å². The highest BCUT2D eigenvalue weighted by molar-refractivity contribution is 6.00. The third-order valence-corrected chi connectivity index (χ3v) is 3.78. The summed E-state index contributed by atoms with van der Waals surface area (Å²) in [6.07, 6.45) is 5.16. The average Bonchev–Trinajstić information content (AvgIpc) is 3.05. The molecule has 0 saturated carbocycles. The fraction of sp³-hybridized carbons (Fsp3) is 0.467. The molecular weight excluding hydrogens is 280 g/mol. The van der Waals surface area contributed by atoms with Crippen LogP contribution >= 0.6 is 0 Å². The zero-order valence-corrected chi connectivity index (χ0v) is 13.1. The maximum atomic E-state index is 12.5. The van der Waals surface area contributed by atoms with Crippen LogP contribution in [0.3, 0.4) is 0 Å². The minimum atomic E-state index is -0.251. The molecule has 0 aromatic carbocycles. The van der Waals surface area contributed by atoms with E-state index in [1.54, 1.807) is 15.8 Å². The van der Waals surface area contributed by atoms with Crippen molar-refractivity contribution in [2.24, 2.45) is 7.05 Å². The van der Waals surface area contributed by atoms with Crippen molar-refractivity contribution in [3.8, 4) is 0 Å². The van der Waals surface area contributed by atoms with E-state index in [2.05, 4.69) is 27.3 Å². The molecule has 7 nitrogen and oxygen atoms in total. The van der Waals surface area contributed by atoms with Crippen molar-refractivity contribution in [2.45, 2.75) is 32.7 Å². The van der Waals surface area contributed by atoms with E-state index in [0.29, 0.717) is 6.54 Å². The molecule has 7 heteroatoms. The number of hydrogen-bond donors (Lipinski definition) is 1. The second kappa shape index (κ2) is 5.75. The first-order valence-corrected chi connectivity index (χ1v) is 7.48. The van der Waals surface area contributed by atoms with Crippen LogP contribution in [0.5, 0.6) is 0 Å². The fourth-order valence-corrected chi connectivity index (χ4v) is 2.68. The van der Waals surface area contributed by atoms with Crippen LogP contribution in [0.2, 0.25) is 0 Å². The summed E-state index contributed by atoms with van der Waals surface area (Å²) in [5.41, 5.74) is 1.81. The summed E-state index contributed by atoms with van der Waals surface area (Å²) in [6.45, 7) is 4.60. The smallest absolute Gasteiger partial charge is 0.249 e. The third kappa shape index (κ3) is 2.79. The molecule has 2 aromatic rings. The predicted molar refractivity (Wildman–Crippen MR) is 83.7 cm³/mol. The molecule has 0 spiro atoms. The van der Waals surface area contributed by atoms with Crippen molar-refractivity contribution in [1.82, 2.24) is 19.7 Å². The number of aryl methyl sites for hydroxylation is 3. The molecule has 22 heavy (non-hydrogen) atoms. The lowest BCUT2D eigenvalue weighted by atomic mass is 10.2. The number of nitrogens with one attached hydrogen (secondary N) is 1. The summed E-state index contributed by atoms with van der Waals surface area (Å²) in [5.74, 6) is 1.49. The predicted octanol–water partition coefficient (Wildman–Crippen LogP) is 1.30. The number of nitrogens with zero attached hydrogens (tertiary/aromatic N) is 5. The van der Waals surface area contributed by atoms with Crippen LogP contribution < -0.4 is 10.2 Å². The summed E-state index contributed by atoms with van der Waals surface area (Å²) >= 11 is 0. The highest BCUT2D eigenvalue weighted by atomic mass is 16.2. The molecule has 1 N–H and O–H groups in total. The van der Waals surface area contributed by atoms with E-state index >= 15 is 0 Å². The molecule has 1 amide bonds. The van der Waals surface area contributed by atoms with Gasteiger partial charge in [-0.15, -0.1) is 0 Å². The Morgan fingerprint density at radius 2 is 2.23 bits per heavy atom. The van der Waals surface area contributed by atoms with Gasteiger partial charge in [0.1, 0.15) is 17.7 Å². The van der Waals surface area contributed by atoms with Gasteiger partial charge >= 0.3 is 0 Å². The van der Waals surface area contributed by atoms with Crippen LogP contribution in [-0.4, -0.2) is 38.2 Å². The van der Waals surface area contributed by atoms with E-state index in [1.165, 1.54) is 0 Å². The highest BCUT2D eigenvalue weighted by Gasteiger charge is 2.33. The van der Waals surface area contributed by atoms with Crippen molar-refractivity contribution in [3.05, 3.63) is 30.0 Å². The van der Waals surface area contributed by atoms with Crippen LogP contribution in [0, 0.1) is 6.92 Å². The van der Waals surface area contributed by atoms with Crippen LogP contribution in [0.4, 0.5) is 11.5 Å². The van der Waals surface area contributed by atoms with Crippen molar-refractivity contribution in [2.75, 3.05) is 16.8 Å². The molecule has 1 aliphatic rings. The molecule has 2 aromatic heterocycles. The van der Waals surface area contributed by atoms with Crippen molar-refractivity contribution in [1.29, 1.82) is 0 Å². The minimum Gasteiger partial charge on any atom is -0.358 e. The van der Waals surface area contributed by atoms with E-state index < -0.39 is 0 Å². The average molecular weight is 300 g/mol. The fourth-order valence-electron chi connectivity index (χ4n) is 2.68. The zero-order valence-electron chi connectivity index (χ0n) is 13.1. The number of anilines is 2. The van der Waals surface area contributed by atoms with Crippen LogP contribution in [0.1, 0.15) is 24.9 Å². The maximum Gasteiger partial charge on any atom is 0.249 e. The molecule has 1 saturated heterocycles. The maximum absolute atomic E-state index is 12.5. The van der Waals surface area contributed by atoms with E-state index in [-0.39, 0.29) is 11.9 Å². The number of hydrogen-bond acceptors (Lipinski definition) is 5. The van der Waals surface area contributed by atoms with Crippen LogP contribution in [0.25, 0.3) is 0 Å². The molecule has 3 rings (SSSR count). The highest BCUT2D eigenvalue weighted by Crippen LogP contribution is 2.22. The van der Waals surface area contributed by atoms with Crippen molar-refractivity contribution >= 4 is 17.4 Å².